The van der Waals surface area contributed by atoms with Crippen LogP contribution in [0.15, 0.2) is 22.8 Å². The van der Waals surface area contributed by atoms with E-state index in [0.717, 1.165) is 12.3 Å². The van der Waals surface area contributed by atoms with E-state index in [1.54, 1.807) is 0 Å². The minimum Gasteiger partial charge on any atom is -0.455 e. The molecule has 17 heavy (non-hydrogen) atoms. The summed E-state index contributed by atoms with van der Waals surface area (Å²) < 4.78 is 76.8. The topological polar surface area (TPSA) is 22.1 Å². The monoisotopic (exact) mass is 323 g/mol. The summed E-state index contributed by atoms with van der Waals surface area (Å²) in [5.41, 5.74) is 0. The van der Waals surface area contributed by atoms with E-state index in [1.165, 1.54) is 6.07 Å². The molecule has 1 heterocycles. The first-order valence-electron chi connectivity index (χ1n) is 4.02. The van der Waals surface area contributed by atoms with Gasteiger partial charge in [0, 0.05) is 16.7 Å². The van der Waals surface area contributed by atoms with Crippen molar-refractivity contribution in [2.24, 2.45) is 0 Å². The molecule has 1 aromatic rings. The molecule has 0 N–H and O–H groups in total. The molecule has 0 atom stereocenters. The molecule has 0 unspecified atom stereocenters. The molecule has 0 aliphatic carbocycles. The SMILES string of the molecule is FC(F)(F)C(Oc1cc(Br)ccn1)C(F)(F)F. The molecule has 0 fully saturated rings. The molecule has 9 heteroatoms. The van der Waals surface area contributed by atoms with E-state index in [2.05, 4.69) is 25.7 Å². The number of aromatic nitrogens is 1. The molecule has 0 spiro atoms. The van der Waals surface area contributed by atoms with E-state index in [9.17, 15) is 26.3 Å². The molecular weight excluding hydrogens is 320 g/mol. The Kier molecular flexibility index (Phi) is 3.90. The van der Waals surface area contributed by atoms with Crippen LogP contribution in [0, 0.1) is 0 Å². The first-order valence-corrected chi connectivity index (χ1v) is 4.81. The van der Waals surface area contributed by atoms with Crippen LogP contribution in [0.3, 0.4) is 0 Å². The zero-order valence-corrected chi connectivity index (χ0v) is 9.40. The first-order chi connectivity index (χ1) is 7.60. The van der Waals surface area contributed by atoms with Crippen LogP contribution in [0.1, 0.15) is 0 Å². The second-order valence-electron chi connectivity index (χ2n) is 2.89. The standard InChI is InChI=1S/C8H4BrF6NO/c9-4-1-2-16-5(3-4)17-6(7(10,11)12)8(13,14)15/h1-3,6H. The molecule has 0 amide bonds. The summed E-state index contributed by atoms with van der Waals surface area (Å²) in [6.45, 7) is 0. The van der Waals surface area contributed by atoms with Crippen molar-refractivity contribution in [2.45, 2.75) is 18.5 Å². The molecule has 2 nitrogen and oxygen atoms in total. The number of hydrogen-bond acceptors (Lipinski definition) is 2. The van der Waals surface area contributed by atoms with Crippen LogP contribution >= 0.6 is 15.9 Å². The van der Waals surface area contributed by atoms with Gasteiger partial charge in [-0.15, -0.1) is 0 Å². The molecule has 0 aromatic carbocycles. The smallest absolute Gasteiger partial charge is 0.434 e. The lowest BCUT2D eigenvalue weighted by molar-refractivity contribution is -0.300. The van der Waals surface area contributed by atoms with Gasteiger partial charge in [0.25, 0.3) is 6.10 Å². The van der Waals surface area contributed by atoms with Gasteiger partial charge in [0.1, 0.15) is 0 Å². The van der Waals surface area contributed by atoms with Crippen LogP contribution in [-0.2, 0) is 0 Å². The lowest BCUT2D eigenvalue weighted by atomic mass is 10.3. The van der Waals surface area contributed by atoms with Crippen LogP contribution in [0.5, 0.6) is 5.88 Å². The van der Waals surface area contributed by atoms with E-state index in [1.807, 2.05) is 0 Å². The number of nitrogens with zero attached hydrogens (tertiary/aromatic N) is 1. The van der Waals surface area contributed by atoms with Crippen LogP contribution in [0.2, 0.25) is 0 Å². The molecule has 0 saturated carbocycles. The van der Waals surface area contributed by atoms with Crippen molar-refractivity contribution in [2.75, 3.05) is 0 Å². The van der Waals surface area contributed by atoms with E-state index in [4.69, 9.17) is 0 Å². The number of ether oxygens (including phenoxy) is 1. The van der Waals surface area contributed by atoms with E-state index >= 15 is 0 Å². The first kappa shape index (κ1) is 14.1. The molecular formula is C8H4BrF6NO. The highest BCUT2D eigenvalue weighted by atomic mass is 79.9. The minimum atomic E-state index is -5.55. The summed E-state index contributed by atoms with van der Waals surface area (Å²) >= 11 is 2.87. The van der Waals surface area contributed by atoms with Crippen molar-refractivity contribution >= 4 is 15.9 Å². The van der Waals surface area contributed by atoms with Crippen LogP contribution < -0.4 is 4.74 Å². The van der Waals surface area contributed by atoms with Crippen molar-refractivity contribution in [3.05, 3.63) is 22.8 Å². The van der Waals surface area contributed by atoms with Gasteiger partial charge >= 0.3 is 12.4 Å². The van der Waals surface area contributed by atoms with Gasteiger partial charge < -0.3 is 4.74 Å². The summed E-state index contributed by atoms with van der Waals surface area (Å²) in [7, 11) is 0. The fourth-order valence-corrected chi connectivity index (χ4v) is 1.20. The van der Waals surface area contributed by atoms with Gasteiger partial charge in [0.05, 0.1) is 0 Å². The van der Waals surface area contributed by atoms with E-state index < -0.39 is 24.3 Å². The van der Waals surface area contributed by atoms with E-state index in [-0.39, 0.29) is 4.47 Å². The van der Waals surface area contributed by atoms with Gasteiger partial charge in [0.2, 0.25) is 5.88 Å². The fourth-order valence-electron chi connectivity index (χ4n) is 0.890. The Morgan fingerprint density at radius 3 is 2.06 bits per heavy atom. The van der Waals surface area contributed by atoms with Gasteiger partial charge in [-0.05, 0) is 6.07 Å². The van der Waals surface area contributed by atoms with Gasteiger partial charge in [-0.25, -0.2) is 4.98 Å². The maximum absolute atomic E-state index is 12.1. The normalized spacial score (nSPS) is 12.9. The van der Waals surface area contributed by atoms with Gasteiger partial charge in [-0.2, -0.15) is 26.3 Å². The maximum atomic E-state index is 12.1. The number of rotatable bonds is 2. The molecule has 0 bridgehead atoms. The van der Waals surface area contributed by atoms with Crippen molar-refractivity contribution in [3.63, 3.8) is 0 Å². The highest BCUT2D eigenvalue weighted by Crippen LogP contribution is 2.36. The zero-order valence-electron chi connectivity index (χ0n) is 7.81. The molecule has 0 radical (unpaired) electrons. The largest absolute Gasteiger partial charge is 0.455 e. The third-order valence-corrected chi connectivity index (χ3v) is 2.02. The molecule has 0 aliphatic rings. The lowest BCUT2D eigenvalue weighted by Gasteiger charge is -2.23. The Bertz CT molecular complexity index is 376. The van der Waals surface area contributed by atoms with Crippen LogP contribution in [0.4, 0.5) is 26.3 Å². The third kappa shape index (κ3) is 4.06. The summed E-state index contributed by atoms with van der Waals surface area (Å²) in [5, 5.41) is 0. The Balaban J connectivity index is 2.96. The highest BCUT2D eigenvalue weighted by molar-refractivity contribution is 9.10. The minimum absolute atomic E-state index is 0.255. The zero-order chi connectivity index (χ0) is 13.3. The Morgan fingerprint density at radius 2 is 1.65 bits per heavy atom. The van der Waals surface area contributed by atoms with Crippen molar-refractivity contribution in [1.29, 1.82) is 0 Å². The molecule has 0 aliphatic heterocycles. The average Bonchev–Trinajstić information content (AvgIpc) is 2.10. The van der Waals surface area contributed by atoms with Crippen LogP contribution in [0.25, 0.3) is 0 Å². The van der Waals surface area contributed by atoms with Crippen molar-refractivity contribution in [3.8, 4) is 5.88 Å². The molecule has 96 valence electrons. The van der Waals surface area contributed by atoms with Gasteiger partial charge in [-0.1, -0.05) is 15.9 Å². The number of alkyl halides is 6. The Morgan fingerprint density at radius 1 is 1.12 bits per heavy atom. The van der Waals surface area contributed by atoms with Gasteiger partial charge in [0.15, 0.2) is 0 Å². The van der Waals surface area contributed by atoms with Crippen molar-refractivity contribution < 1.29 is 31.1 Å². The van der Waals surface area contributed by atoms with Gasteiger partial charge in [-0.3, -0.25) is 0 Å². The molecule has 0 saturated heterocycles. The predicted octanol–water partition coefficient (Wildman–Crippen LogP) is 3.72. The van der Waals surface area contributed by atoms with Crippen LogP contribution in [-0.4, -0.2) is 23.4 Å². The van der Waals surface area contributed by atoms with Crippen molar-refractivity contribution in [1.82, 2.24) is 4.98 Å². The Labute approximate surface area is 99.7 Å². The highest BCUT2D eigenvalue weighted by Gasteiger charge is 2.59. The molecule has 1 aromatic heterocycles. The summed E-state index contributed by atoms with van der Waals surface area (Å²) in [5.74, 6) is -0.765. The fraction of sp³-hybridized carbons (Fsp3) is 0.375. The predicted molar refractivity (Wildman–Crippen MR) is 48.5 cm³/mol. The van der Waals surface area contributed by atoms with E-state index in [0.29, 0.717) is 0 Å². The summed E-state index contributed by atoms with van der Waals surface area (Å²) in [6, 6.07) is 2.24. The Hall–Kier alpha value is -0.990. The third-order valence-electron chi connectivity index (χ3n) is 1.53. The average molecular weight is 324 g/mol. The summed E-state index contributed by atoms with van der Waals surface area (Å²) in [6.07, 6.45) is -14.0. The number of hydrogen-bond donors (Lipinski definition) is 0. The molecule has 1 rings (SSSR count). The maximum Gasteiger partial charge on any atom is 0.434 e. The number of halogens is 7. The summed E-state index contributed by atoms with van der Waals surface area (Å²) in [4.78, 5) is 3.25. The second-order valence-corrected chi connectivity index (χ2v) is 3.81. The second kappa shape index (κ2) is 4.71. The lowest BCUT2D eigenvalue weighted by Crippen LogP contribution is -2.46. The quantitative estimate of drug-likeness (QED) is 0.774. The number of pyridine rings is 1.